The minimum Gasteiger partial charge on any atom is -0.103 e. The largest absolute Gasteiger partial charge is 0.103 e. The lowest BCUT2D eigenvalue weighted by atomic mass is 9.74. The Labute approximate surface area is 118 Å². The van der Waals surface area contributed by atoms with Crippen LogP contribution in [-0.4, -0.2) is 10.2 Å². The van der Waals surface area contributed by atoms with Gasteiger partial charge in [0.1, 0.15) is 0 Å². The first-order valence-corrected chi connectivity index (χ1v) is 8.99. The van der Waals surface area contributed by atoms with E-state index in [2.05, 4.69) is 38.0 Å². The topological polar surface area (TPSA) is 0 Å². The summed E-state index contributed by atoms with van der Waals surface area (Å²) in [5.74, 6) is 0. The highest BCUT2D eigenvalue weighted by atomic mass is 28.1. The van der Waals surface area contributed by atoms with E-state index < -0.39 is 0 Å². The van der Waals surface area contributed by atoms with E-state index in [4.69, 9.17) is 0 Å². The van der Waals surface area contributed by atoms with Gasteiger partial charge in [0.2, 0.25) is 0 Å². The van der Waals surface area contributed by atoms with Crippen LogP contribution >= 0.6 is 0 Å². The summed E-state index contributed by atoms with van der Waals surface area (Å²) in [5.41, 5.74) is 0.350. The van der Waals surface area contributed by atoms with Crippen molar-refractivity contribution < 1.29 is 0 Å². The van der Waals surface area contributed by atoms with Crippen LogP contribution < -0.4 is 0 Å². The highest BCUT2D eigenvalue weighted by Gasteiger charge is 2.25. The van der Waals surface area contributed by atoms with Crippen molar-refractivity contribution in [2.45, 2.75) is 63.8 Å². The maximum Gasteiger partial charge on any atom is 0.00279 e. The Morgan fingerprint density at radius 3 is 1.61 bits per heavy atom. The smallest absolute Gasteiger partial charge is 0.00279 e. The van der Waals surface area contributed by atoms with E-state index in [1.807, 2.05) is 0 Å². The fraction of sp³-hybridized carbons (Fsp3) is 0.647. The van der Waals surface area contributed by atoms with Gasteiger partial charge in [-0.15, -0.1) is 19.7 Å². The maximum absolute atomic E-state index is 3.91. The van der Waals surface area contributed by atoms with E-state index in [9.17, 15) is 0 Å². The van der Waals surface area contributed by atoms with Crippen molar-refractivity contribution >= 4 is 10.2 Å². The molecule has 0 aliphatic rings. The van der Waals surface area contributed by atoms with E-state index in [1.54, 1.807) is 0 Å². The van der Waals surface area contributed by atoms with Gasteiger partial charge < -0.3 is 0 Å². The molecule has 18 heavy (non-hydrogen) atoms. The van der Waals surface area contributed by atoms with Gasteiger partial charge in [-0.3, -0.25) is 0 Å². The zero-order valence-electron chi connectivity index (χ0n) is 12.4. The molecule has 0 aliphatic carbocycles. The molecule has 0 saturated heterocycles. The number of allylic oxidation sites excluding steroid dienone is 3. The lowest BCUT2D eigenvalue weighted by molar-refractivity contribution is 0.260. The Hall–Kier alpha value is -0.563. The highest BCUT2D eigenvalue weighted by molar-refractivity contribution is 6.08. The van der Waals surface area contributed by atoms with Crippen molar-refractivity contribution in [2.75, 3.05) is 0 Å². The quantitative estimate of drug-likeness (QED) is 0.254. The van der Waals surface area contributed by atoms with E-state index in [0.29, 0.717) is 5.41 Å². The molecule has 0 saturated carbocycles. The number of hydrogen-bond acceptors (Lipinski definition) is 0. The molecular formula is C17H32Si. The van der Waals surface area contributed by atoms with Gasteiger partial charge in [-0.25, -0.2) is 0 Å². The van der Waals surface area contributed by atoms with E-state index >= 15 is 0 Å². The molecule has 0 aliphatic heterocycles. The number of hydrogen-bond donors (Lipinski definition) is 0. The van der Waals surface area contributed by atoms with Crippen LogP contribution in [0.4, 0.5) is 0 Å². The third-order valence-corrected chi connectivity index (χ3v) is 4.50. The normalized spacial score (nSPS) is 11.3. The zero-order valence-corrected chi connectivity index (χ0v) is 14.4. The van der Waals surface area contributed by atoms with Crippen LogP contribution in [0, 0.1) is 5.41 Å². The van der Waals surface area contributed by atoms with Gasteiger partial charge in [0.25, 0.3) is 0 Å². The van der Waals surface area contributed by atoms with Gasteiger partial charge in [0, 0.05) is 10.2 Å². The number of rotatable bonds is 13. The van der Waals surface area contributed by atoms with E-state index in [0.717, 1.165) is 19.3 Å². The third kappa shape index (κ3) is 7.70. The van der Waals surface area contributed by atoms with Crippen molar-refractivity contribution in [1.29, 1.82) is 0 Å². The van der Waals surface area contributed by atoms with Crippen LogP contribution in [0.3, 0.4) is 0 Å². The average molecular weight is 265 g/mol. The molecule has 0 atom stereocenters. The molecule has 0 unspecified atom stereocenters. The summed E-state index contributed by atoms with van der Waals surface area (Å²) in [4.78, 5) is 0. The molecule has 0 N–H and O–H groups in total. The molecule has 0 heterocycles. The van der Waals surface area contributed by atoms with Crippen LogP contribution in [0.2, 0.25) is 6.04 Å². The summed E-state index contributed by atoms with van der Waals surface area (Å²) in [7, 11) is 1.37. The van der Waals surface area contributed by atoms with Crippen LogP contribution in [0.25, 0.3) is 0 Å². The van der Waals surface area contributed by atoms with Crippen LogP contribution in [-0.2, 0) is 0 Å². The summed E-state index contributed by atoms with van der Waals surface area (Å²) < 4.78 is 0. The zero-order chi connectivity index (χ0) is 13.7. The van der Waals surface area contributed by atoms with Gasteiger partial charge in [0.05, 0.1) is 0 Å². The molecular weight excluding hydrogens is 232 g/mol. The Balaban J connectivity index is 4.08. The van der Waals surface area contributed by atoms with E-state index in [1.165, 1.54) is 54.8 Å². The molecule has 0 rings (SSSR count). The number of unbranched alkanes of at least 4 members (excludes halogenated alkanes) is 4. The molecule has 0 amide bonds. The second kappa shape index (κ2) is 11.5. The maximum atomic E-state index is 3.91. The molecule has 0 aromatic rings. The fourth-order valence-corrected chi connectivity index (χ4v) is 3.26. The Morgan fingerprint density at radius 2 is 1.17 bits per heavy atom. The molecule has 0 fully saturated rings. The molecule has 104 valence electrons. The first-order valence-electron chi connectivity index (χ1n) is 7.57. The summed E-state index contributed by atoms with van der Waals surface area (Å²) in [5, 5.41) is 0. The third-order valence-electron chi connectivity index (χ3n) is 3.79. The van der Waals surface area contributed by atoms with Gasteiger partial charge in [-0.05, 0) is 31.1 Å². The Kier molecular flexibility index (Phi) is 11.2. The van der Waals surface area contributed by atoms with Crippen molar-refractivity contribution in [3.05, 3.63) is 38.0 Å². The summed E-state index contributed by atoms with van der Waals surface area (Å²) >= 11 is 0. The molecule has 0 spiro atoms. The van der Waals surface area contributed by atoms with Crippen LogP contribution in [0.5, 0.6) is 0 Å². The predicted molar refractivity (Wildman–Crippen MR) is 89.3 cm³/mol. The summed E-state index contributed by atoms with van der Waals surface area (Å²) in [6, 6.07) is 1.47. The SMILES string of the molecule is C=CCC(CC=C)(CC=C)CCCCCCC[SiH3]. The molecule has 1 heteroatoms. The highest BCUT2D eigenvalue weighted by Crippen LogP contribution is 2.38. The second-order valence-corrected chi connectivity index (χ2v) is 6.50. The molecule has 0 radical (unpaired) electrons. The van der Waals surface area contributed by atoms with Crippen molar-refractivity contribution in [1.82, 2.24) is 0 Å². The first-order chi connectivity index (χ1) is 8.74. The molecule has 0 bridgehead atoms. The standard InChI is InChI=1S/C17H32Si/c1-4-12-17(13-5-2,14-6-3)15-10-8-7-9-11-16-18/h4-6H,1-3,7-16H2,18H3. The lowest BCUT2D eigenvalue weighted by Gasteiger charge is -2.31. The van der Waals surface area contributed by atoms with Gasteiger partial charge in [0.15, 0.2) is 0 Å². The molecule has 0 aromatic carbocycles. The summed E-state index contributed by atoms with van der Waals surface area (Å²) in [6.07, 6.45) is 17.8. The first kappa shape index (κ1) is 17.4. The molecule has 0 aromatic heterocycles. The average Bonchev–Trinajstić information content (AvgIpc) is 2.35. The minimum atomic E-state index is 0.350. The Bertz CT molecular complexity index is 203. The summed E-state index contributed by atoms with van der Waals surface area (Å²) in [6.45, 7) is 11.7. The van der Waals surface area contributed by atoms with Crippen LogP contribution in [0.1, 0.15) is 57.8 Å². The second-order valence-electron chi connectivity index (χ2n) is 5.50. The van der Waals surface area contributed by atoms with Crippen molar-refractivity contribution in [3.63, 3.8) is 0 Å². The van der Waals surface area contributed by atoms with Crippen LogP contribution in [0.15, 0.2) is 38.0 Å². The molecule has 0 nitrogen and oxygen atoms in total. The lowest BCUT2D eigenvalue weighted by Crippen LogP contribution is -2.18. The monoisotopic (exact) mass is 264 g/mol. The van der Waals surface area contributed by atoms with Crippen molar-refractivity contribution in [3.8, 4) is 0 Å². The fourth-order valence-electron chi connectivity index (χ4n) is 2.76. The van der Waals surface area contributed by atoms with Crippen molar-refractivity contribution in [2.24, 2.45) is 5.41 Å². The minimum absolute atomic E-state index is 0.350. The predicted octanol–water partition coefficient (Wildman–Crippen LogP) is 4.83. The van der Waals surface area contributed by atoms with E-state index in [-0.39, 0.29) is 0 Å². The Morgan fingerprint density at radius 1 is 0.722 bits per heavy atom. The van der Waals surface area contributed by atoms with Gasteiger partial charge in [-0.2, -0.15) is 0 Å². The van der Waals surface area contributed by atoms with Gasteiger partial charge in [-0.1, -0.05) is 56.4 Å². The van der Waals surface area contributed by atoms with Gasteiger partial charge >= 0.3 is 0 Å².